The van der Waals surface area contributed by atoms with Crippen LogP contribution >= 0.6 is 0 Å². The number of nitrogens with zero attached hydrogens (tertiary/aromatic N) is 4. The van der Waals surface area contributed by atoms with Crippen LogP contribution in [0.2, 0.25) is 0 Å². The van der Waals surface area contributed by atoms with Crippen LogP contribution in [-0.4, -0.2) is 44.1 Å². The third-order valence-corrected chi connectivity index (χ3v) is 6.76. The highest BCUT2D eigenvalue weighted by Gasteiger charge is 2.30. The lowest BCUT2D eigenvalue weighted by Crippen LogP contribution is -2.30. The molecule has 1 saturated heterocycles. The first-order valence-electron chi connectivity index (χ1n) is 11.5. The minimum absolute atomic E-state index is 0.299. The number of hydrogen-bond acceptors (Lipinski definition) is 5. The maximum atomic E-state index is 12.8. The molecule has 31 heavy (non-hydrogen) atoms. The molecule has 1 amide bonds. The van der Waals surface area contributed by atoms with Crippen molar-refractivity contribution in [1.82, 2.24) is 25.1 Å². The molecule has 0 bridgehead atoms. The summed E-state index contributed by atoms with van der Waals surface area (Å²) in [5.74, 6) is 2.01. The van der Waals surface area contributed by atoms with Crippen molar-refractivity contribution in [3.63, 3.8) is 0 Å². The highest BCUT2D eigenvalue weighted by atomic mass is 16.2. The van der Waals surface area contributed by atoms with E-state index >= 15 is 0 Å². The number of hydrogen-bond donors (Lipinski definition) is 2. The zero-order valence-electron chi connectivity index (χ0n) is 17.9. The first-order chi connectivity index (χ1) is 15.3. The Morgan fingerprint density at radius 3 is 2.87 bits per heavy atom. The number of H-pyrrole nitrogens is 1. The molecule has 1 aliphatic carbocycles. The average molecular weight is 419 g/mol. The molecule has 1 saturated carbocycles. The van der Waals surface area contributed by atoms with Crippen LogP contribution in [0, 0.1) is 5.92 Å². The van der Waals surface area contributed by atoms with E-state index in [1.807, 2.05) is 18.2 Å². The Balaban J connectivity index is 1.21. The molecule has 1 atom stereocenters. The molecule has 3 aromatic heterocycles. The monoisotopic (exact) mass is 418 g/mol. The number of pyridine rings is 2. The van der Waals surface area contributed by atoms with Crippen molar-refractivity contribution >= 4 is 22.8 Å². The summed E-state index contributed by atoms with van der Waals surface area (Å²) in [6.07, 6.45) is 9.84. The molecule has 0 radical (unpaired) electrons. The molecule has 2 N–H and O–H groups in total. The van der Waals surface area contributed by atoms with Gasteiger partial charge in [0.15, 0.2) is 11.5 Å². The van der Waals surface area contributed by atoms with E-state index in [0.29, 0.717) is 24.3 Å². The van der Waals surface area contributed by atoms with Crippen LogP contribution in [0.4, 0.5) is 5.82 Å². The number of fused-ring (bicyclic) bond motifs is 1. The molecule has 5 rings (SSSR count). The number of amides is 1. The predicted molar refractivity (Wildman–Crippen MR) is 121 cm³/mol. The van der Waals surface area contributed by atoms with Gasteiger partial charge in [-0.3, -0.25) is 14.9 Å². The van der Waals surface area contributed by atoms with E-state index in [-0.39, 0.29) is 0 Å². The number of nitrogens with one attached hydrogen (secondary N) is 2. The predicted octanol–water partition coefficient (Wildman–Crippen LogP) is 4.25. The van der Waals surface area contributed by atoms with Gasteiger partial charge >= 0.3 is 0 Å². The van der Waals surface area contributed by atoms with E-state index in [9.17, 15) is 4.79 Å². The van der Waals surface area contributed by atoms with Crippen molar-refractivity contribution in [3.8, 4) is 0 Å². The molecular weight excluding hydrogens is 388 g/mol. The number of likely N-dealkylation sites (tertiary alicyclic amines) is 1. The summed E-state index contributed by atoms with van der Waals surface area (Å²) in [5.41, 5.74) is 2.79. The second-order valence-electron chi connectivity index (χ2n) is 8.91. The summed E-state index contributed by atoms with van der Waals surface area (Å²) in [4.78, 5) is 24.0. The Bertz CT molecular complexity index is 1030. The lowest BCUT2D eigenvalue weighted by atomic mass is 9.87. The molecule has 162 valence electrons. The maximum Gasteiger partial charge on any atom is 0.222 e. The van der Waals surface area contributed by atoms with Crippen molar-refractivity contribution < 1.29 is 4.79 Å². The number of carbonyl (C=O) groups excluding carboxylic acids is 1. The third-order valence-electron chi connectivity index (χ3n) is 6.76. The Labute approximate surface area is 182 Å². The van der Waals surface area contributed by atoms with Gasteiger partial charge in [-0.15, -0.1) is 0 Å². The second-order valence-corrected chi connectivity index (χ2v) is 8.91. The molecule has 4 heterocycles. The van der Waals surface area contributed by atoms with Gasteiger partial charge in [-0.1, -0.05) is 25.3 Å². The fourth-order valence-corrected chi connectivity index (χ4v) is 4.95. The first kappa shape index (κ1) is 20.0. The topological polar surface area (TPSA) is 86.8 Å². The van der Waals surface area contributed by atoms with Crippen molar-refractivity contribution in [2.75, 3.05) is 18.4 Å². The minimum Gasteiger partial charge on any atom is -0.362 e. The van der Waals surface area contributed by atoms with Gasteiger partial charge in [0.2, 0.25) is 5.91 Å². The second kappa shape index (κ2) is 9.04. The van der Waals surface area contributed by atoms with E-state index in [1.54, 1.807) is 6.20 Å². The number of carbonyl (C=O) groups is 1. The Morgan fingerprint density at radius 2 is 2.03 bits per heavy atom. The van der Waals surface area contributed by atoms with Gasteiger partial charge in [-0.25, -0.2) is 4.98 Å². The van der Waals surface area contributed by atoms with Gasteiger partial charge in [0.25, 0.3) is 0 Å². The highest BCUT2D eigenvalue weighted by Crippen LogP contribution is 2.31. The highest BCUT2D eigenvalue weighted by molar-refractivity contribution is 5.87. The van der Waals surface area contributed by atoms with Crippen LogP contribution in [0.15, 0.2) is 36.5 Å². The normalized spacial score (nSPS) is 19.7. The fraction of sp³-hybridized carbons (Fsp3) is 0.500. The van der Waals surface area contributed by atoms with Crippen LogP contribution in [-0.2, 0) is 11.3 Å². The quantitative estimate of drug-likeness (QED) is 0.625. The van der Waals surface area contributed by atoms with E-state index in [1.165, 1.54) is 32.1 Å². The fourth-order valence-electron chi connectivity index (χ4n) is 4.95. The maximum absolute atomic E-state index is 12.8. The number of rotatable bonds is 6. The van der Waals surface area contributed by atoms with E-state index in [4.69, 9.17) is 4.98 Å². The number of aromatic nitrogens is 4. The lowest BCUT2D eigenvalue weighted by Gasteiger charge is -2.24. The van der Waals surface area contributed by atoms with Crippen LogP contribution in [0.3, 0.4) is 0 Å². The first-order valence-corrected chi connectivity index (χ1v) is 11.5. The molecule has 3 aromatic rings. The summed E-state index contributed by atoms with van der Waals surface area (Å²) >= 11 is 0. The van der Waals surface area contributed by atoms with Crippen molar-refractivity contribution in [2.45, 2.75) is 57.4 Å². The van der Waals surface area contributed by atoms with Crippen molar-refractivity contribution in [2.24, 2.45) is 5.92 Å². The van der Waals surface area contributed by atoms with E-state index < -0.39 is 0 Å². The molecule has 7 heteroatoms. The molecular formula is C24H30N6O. The molecule has 0 spiro atoms. The minimum atomic E-state index is 0.299. The Kier molecular flexibility index (Phi) is 5.82. The number of aromatic amines is 1. The molecule has 2 aliphatic rings. The van der Waals surface area contributed by atoms with Crippen molar-refractivity contribution in [3.05, 3.63) is 47.9 Å². The van der Waals surface area contributed by atoms with Crippen molar-refractivity contribution in [1.29, 1.82) is 0 Å². The summed E-state index contributed by atoms with van der Waals surface area (Å²) in [6.45, 7) is 2.24. The largest absolute Gasteiger partial charge is 0.362 e. The van der Waals surface area contributed by atoms with Gasteiger partial charge in [0.05, 0.1) is 17.6 Å². The molecule has 0 unspecified atom stereocenters. The van der Waals surface area contributed by atoms with Gasteiger partial charge < -0.3 is 10.2 Å². The zero-order chi connectivity index (χ0) is 21.0. The molecule has 2 fully saturated rings. The summed E-state index contributed by atoms with van der Waals surface area (Å²) in [5, 5.41) is 11.8. The average Bonchev–Trinajstić information content (AvgIpc) is 3.46. The van der Waals surface area contributed by atoms with Crippen LogP contribution in [0.5, 0.6) is 0 Å². The van der Waals surface area contributed by atoms with E-state index in [2.05, 4.69) is 37.5 Å². The van der Waals surface area contributed by atoms with Crippen LogP contribution < -0.4 is 5.32 Å². The summed E-state index contributed by atoms with van der Waals surface area (Å²) in [6, 6.07) is 10.0. The Morgan fingerprint density at radius 1 is 1.13 bits per heavy atom. The lowest BCUT2D eigenvalue weighted by molar-refractivity contribution is -0.131. The Hall–Kier alpha value is -2.96. The molecule has 7 nitrogen and oxygen atoms in total. The van der Waals surface area contributed by atoms with Gasteiger partial charge in [0, 0.05) is 37.3 Å². The smallest absolute Gasteiger partial charge is 0.222 e. The van der Waals surface area contributed by atoms with Gasteiger partial charge in [-0.05, 0) is 49.4 Å². The summed E-state index contributed by atoms with van der Waals surface area (Å²) < 4.78 is 0. The van der Waals surface area contributed by atoms with Crippen LogP contribution in [0.1, 0.15) is 62.3 Å². The number of anilines is 1. The van der Waals surface area contributed by atoms with Crippen LogP contribution in [0.25, 0.3) is 11.0 Å². The third kappa shape index (κ3) is 4.55. The van der Waals surface area contributed by atoms with Gasteiger partial charge in [0.1, 0.15) is 0 Å². The summed E-state index contributed by atoms with van der Waals surface area (Å²) in [7, 11) is 0. The molecule has 0 aromatic carbocycles. The molecule has 1 aliphatic heterocycles. The van der Waals surface area contributed by atoms with Gasteiger partial charge in [-0.2, -0.15) is 5.10 Å². The zero-order valence-corrected chi connectivity index (χ0v) is 17.9. The standard InChI is InChI=1S/C24H30N6O/c31-22(14-17-6-2-1-3-7-17)30-13-11-18(16-30)21-10-9-20-23(28-29-24(20)27-21)26-15-19-8-4-5-12-25-19/h4-5,8-10,12,17-18H,1-3,6-7,11,13-16H2,(H2,26,27,28,29)/t18-/m1/s1. The van der Waals surface area contributed by atoms with E-state index in [0.717, 1.165) is 54.2 Å². The SMILES string of the molecule is O=C(CC1CCCCC1)N1CC[C@@H](c2ccc3c(NCc4ccccn4)n[nH]c3n2)C1.